The molecule has 0 aromatic carbocycles. The zero-order valence-electron chi connectivity index (χ0n) is 7.31. The summed E-state index contributed by atoms with van der Waals surface area (Å²) < 4.78 is 0. The number of hydrogen-bond donors (Lipinski definition) is 2. The van der Waals surface area contributed by atoms with E-state index in [1.807, 2.05) is 0 Å². The van der Waals surface area contributed by atoms with Crippen LogP contribution in [0.4, 0.5) is 0 Å². The Hall–Kier alpha value is -0.410. The van der Waals surface area contributed by atoms with Gasteiger partial charge in [-0.2, -0.15) is 0 Å². The van der Waals surface area contributed by atoms with Crippen LogP contribution in [0.25, 0.3) is 0 Å². The molecule has 3 nitrogen and oxygen atoms in total. The van der Waals surface area contributed by atoms with Gasteiger partial charge in [0, 0.05) is 23.9 Å². The second kappa shape index (κ2) is 2.30. The van der Waals surface area contributed by atoms with Gasteiger partial charge in [0.15, 0.2) is 0 Å². The molecule has 2 aliphatic carbocycles. The molecule has 0 aromatic rings. The maximum absolute atomic E-state index is 11.9. The Morgan fingerprint density at radius 3 is 1.50 bits per heavy atom. The highest BCUT2D eigenvalue weighted by molar-refractivity contribution is 5.95. The van der Waals surface area contributed by atoms with Gasteiger partial charge in [-0.15, -0.1) is 0 Å². The smallest absolute Gasteiger partial charge is 0.147 e. The van der Waals surface area contributed by atoms with E-state index >= 15 is 0 Å². The van der Waals surface area contributed by atoms with Crippen molar-refractivity contribution in [1.82, 2.24) is 0 Å². The summed E-state index contributed by atoms with van der Waals surface area (Å²) in [6, 6.07) is 0. The molecular weight excluding hydrogens is 152 g/mol. The molecule has 0 radical (unpaired) electrons. The van der Waals surface area contributed by atoms with E-state index in [0.29, 0.717) is 18.9 Å². The minimum atomic E-state index is -0.143. The molecule has 0 spiro atoms. The number of carbonyl (C=O) groups excluding carboxylic acids is 1. The normalized spacial score (nSPS) is 28.2. The molecule has 0 atom stereocenters. The van der Waals surface area contributed by atoms with Crippen molar-refractivity contribution in [1.29, 1.82) is 0 Å². The van der Waals surface area contributed by atoms with E-state index in [9.17, 15) is 4.79 Å². The minimum absolute atomic E-state index is 0.143. The van der Waals surface area contributed by atoms with Gasteiger partial charge in [-0.1, -0.05) is 0 Å². The van der Waals surface area contributed by atoms with Crippen molar-refractivity contribution < 1.29 is 4.79 Å². The lowest BCUT2D eigenvalue weighted by Gasteiger charge is -2.18. The van der Waals surface area contributed by atoms with E-state index in [0.717, 1.165) is 25.7 Å². The quantitative estimate of drug-likeness (QED) is 0.622. The molecule has 2 aliphatic rings. The zero-order chi connectivity index (χ0) is 8.82. The fourth-order valence-corrected chi connectivity index (χ4v) is 1.91. The SMILES string of the molecule is NCC1(C(=O)C2(CN)CC2)CC1. The van der Waals surface area contributed by atoms with Crippen LogP contribution in [0.3, 0.4) is 0 Å². The van der Waals surface area contributed by atoms with E-state index in [1.54, 1.807) is 0 Å². The molecule has 0 unspecified atom stereocenters. The van der Waals surface area contributed by atoms with Crippen molar-refractivity contribution >= 4 is 5.78 Å². The standard InChI is InChI=1S/C9H16N2O/c10-5-8(1-2-8)7(12)9(6-11)3-4-9/h1-6,10-11H2. The number of rotatable bonds is 4. The average molecular weight is 168 g/mol. The summed E-state index contributed by atoms with van der Waals surface area (Å²) in [5.74, 6) is 0.361. The summed E-state index contributed by atoms with van der Waals surface area (Å²) in [5, 5.41) is 0. The molecule has 2 saturated carbocycles. The number of hydrogen-bond acceptors (Lipinski definition) is 3. The predicted octanol–water partition coefficient (Wildman–Crippen LogP) is 0.0333. The summed E-state index contributed by atoms with van der Waals surface area (Å²) >= 11 is 0. The van der Waals surface area contributed by atoms with Crippen LogP contribution in [-0.2, 0) is 4.79 Å². The van der Waals surface area contributed by atoms with Crippen LogP contribution >= 0.6 is 0 Å². The number of Topliss-reactive ketones (excluding diaryl/α,β-unsaturated/α-hetero) is 1. The molecule has 0 saturated heterocycles. The lowest BCUT2D eigenvalue weighted by Crippen LogP contribution is -2.36. The molecule has 12 heavy (non-hydrogen) atoms. The molecular formula is C9H16N2O. The van der Waals surface area contributed by atoms with E-state index in [-0.39, 0.29) is 10.8 Å². The lowest BCUT2D eigenvalue weighted by atomic mass is 9.87. The van der Waals surface area contributed by atoms with Crippen molar-refractivity contribution in [3.63, 3.8) is 0 Å². The first-order valence-corrected chi connectivity index (χ1v) is 4.64. The lowest BCUT2D eigenvalue weighted by molar-refractivity contribution is -0.128. The first kappa shape index (κ1) is 8.20. The van der Waals surface area contributed by atoms with E-state index in [4.69, 9.17) is 11.5 Å². The maximum atomic E-state index is 11.9. The van der Waals surface area contributed by atoms with E-state index < -0.39 is 0 Å². The predicted molar refractivity (Wildman–Crippen MR) is 46.4 cm³/mol. The topological polar surface area (TPSA) is 69.1 Å². The third-order valence-electron chi connectivity index (χ3n) is 3.45. The van der Waals surface area contributed by atoms with Crippen molar-refractivity contribution in [2.75, 3.05) is 13.1 Å². The van der Waals surface area contributed by atoms with Crippen LogP contribution < -0.4 is 11.5 Å². The van der Waals surface area contributed by atoms with Gasteiger partial charge < -0.3 is 11.5 Å². The molecule has 2 rings (SSSR count). The van der Waals surface area contributed by atoms with Crippen LogP contribution in [0, 0.1) is 10.8 Å². The highest BCUT2D eigenvalue weighted by Gasteiger charge is 2.60. The Balaban J connectivity index is 2.10. The number of nitrogens with two attached hydrogens (primary N) is 2. The molecule has 0 bridgehead atoms. The molecule has 0 amide bonds. The second-order valence-corrected chi connectivity index (χ2v) is 4.30. The first-order valence-electron chi connectivity index (χ1n) is 4.64. The molecule has 68 valence electrons. The Kier molecular flexibility index (Phi) is 1.57. The second-order valence-electron chi connectivity index (χ2n) is 4.30. The van der Waals surface area contributed by atoms with Crippen molar-refractivity contribution in [2.45, 2.75) is 25.7 Å². The van der Waals surface area contributed by atoms with Gasteiger partial charge in [-0.05, 0) is 25.7 Å². The molecule has 0 aliphatic heterocycles. The fourth-order valence-electron chi connectivity index (χ4n) is 1.91. The Bertz CT molecular complexity index is 195. The van der Waals surface area contributed by atoms with Crippen LogP contribution in [0.1, 0.15) is 25.7 Å². The van der Waals surface area contributed by atoms with Gasteiger partial charge in [-0.25, -0.2) is 0 Å². The first-order chi connectivity index (χ1) is 5.69. The minimum Gasteiger partial charge on any atom is -0.329 e. The molecule has 0 heterocycles. The molecule has 2 fully saturated rings. The highest BCUT2D eigenvalue weighted by Crippen LogP contribution is 2.57. The zero-order valence-corrected chi connectivity index (χ0v) is 7.31. The van der Waals surface area contributed by atoms with Crippen LogP contribution in [0.5, 0.6) is 0 Å². The van der Waals surface area contributed by atoms with Gasteiger partial charge in [-0.3, -0.25) is 4.79 Å². The summed E-state index contributed by atoms with van der Waals surface area (Å²) in [6.45, 7) is 1.04. The number of carbonyl (C=O) groups is 1. The van der Waals surface area contributed by atoms with Gasteiger partial charge in [0.05, 0.1) is 0 Å². The van der Waals surface area contributed by atoms with Gasteiger partial charge >= 0.3 is 0 Å². The third kappa shape index (κ3) is 0.930. The van der Waals surface area contributed by atoms with E-state index in [1.165, 1.54) is 0 Å². The van der Waals surface area contributed by atoms with Crippen molar-refractivity contribution in [3.8, 4) is 0 Å². The Morgan fingerprint density at radius 1 is 1.00 bits per heavy atom. The highest BCUT2D eigenvalue weighted by atomic mass is 16.1. The van der Waals surface area contributed by atoms with Crippen LogP contribution in [0.15, 0.2) is 0 Å². The van der Waals surface area contributed by atoms with Crippen molar-refractivity contribution in [2.24, 2.45) is 22.3 Å². The number of ketones is 1. The largest absolute Gasteiger partial charge is 0.329 e. The van der Waals surface area contributed by atoms with E-state index in [2.05, 4.69) is 0 Å². The summed E-state index contributed by atoms with van der Waals surface area (Å²) in [6.07, 6.45) is 3.96. The van der Waals surface area contributed by atoms with Gasteiger partial charge in [0.2, 0.25) is 0 Å². The molecule has 3 heteroatoms. The van der Waals surface area contributed by atoms with Crippen LogP contribution in [0.2, 0.25) is 0 Å². The average Bonchev–Trinajstić information content (AvgIpc) is 3.00. The van der Waals surface area contributed by atoms with Crippen molar-refractivity contribution in [3.05, 3.63) is 0 Å². The molecule has 0 aromatic heterocycles. The monoisotopic (exact) mass is 168 g/mol. The fraction of sp³-hybridized carbons (Fsp3) is 0.889. The van der Waals surface area contributed by atoms with Gasteiger partial charge in [0.1, 0.15) is 5.78 Å². The Morgan fingerprint density at radius 2 is 1.33 bits per heavy atom. The van der Waals surface area contributed by atoms with Gasteiger partial charge in [0.25, 0.3) is 0 Å². The Labute approximate surface area is 72.5 Å². The summed E-state index contributed by atoms with van der Waals surface area (Å²) in [4.78, 5) is 11.9. The summed E-state index contributed by atoms with van der Waals surface area (Å²) in [7, 11) is 0. The maximum Gasteiger partial charge on any atom is 0.147 e. The molecule has 4 N–H and O–H groups in total. The third-order valence-corrected chi connectivity index (χ3v) is 3.45. The van der Waals surface area contributed by atoms with Crippen LogP contribution in [-0.4, -0.2) is 18.9 Å². The summed E-state index contributed by atoms with van der Waals surface area (Å²) in [5.41, 5.74) is 10.9.